The van der Waals surface area contributed by atoms with E-state index in [4.69, 9.17) is 0 Å². The van der Waals surface area contributed by atoms with Crippen LogP contribution in [0.15, 0.2) is 18.2 Å². The lowest BCUT2D eigenvalue weighted by Gasteiger charge is -2.25. The van der Waals surface area contributed by atoms with Crippen LogP contribution in [-0.2, 0) is 4.79 Å². The smallest absolute Gasteiger partial charge is 0.357 e. The number of nitro groups is 1. The molecule has 0 radical (unpaired) electrons. The van der Waals surface area contributed by atoms with Gasteiger partial charge >= 0.3 is 6.18 Å². The van der Waals surface area contributed by atoms with Crippen LogP contribution in [0.4, 0.5) is 28.9 Å². The lowest BCUT2D eigenvalue weighted by molar-refractivity contribution is -0.384. The molecule has 6 nitrogen and oxygen atoms in total. The van der Waals surface area contributed by atoms with Gasteiger partial charge in [0.25, 0.3) is 5.69 Å². The van der Waals surface area contributed by atoms with Gasteiger partial charge in [-0.25, -0.2) is 4.39 Å². The third-order valence-corrected chi connectivity index (χ3v) is 3.62. The van der Waals surface area contributed by atoms with E-state index >= 15 is 0 Å². The van der Waals surface area contributed by atoms with Gasteiger partial charge in [0.1, 0.15) is 24.1 Å². The van der Waals surface area contributed by atoms with E-state index in [1.165, 1.54) is 11.9 Å². The highest BCUT2D eigenvalue weighted by molar-refractivity contribution is 5.88. The van der Waals surface area contributed by atoms with E-state index < -0.39 is 41.1 Å². The molecule has 1 aromatic rings. The fraction of sp³-hybridized carbons (Fsp3) is 0.462. The Labute approximate surface area is 128 Å². The van der Waals surface area contributed by atoms with Crippen LogP contribution in [0.2, 0.25) is 0 Å². The van der Waals surface area contributed by atoms with Crippen molar-refractivity contribution in [2.24, 2.45) is 0 Å². The number of alkyl halides is 3. The number of carbonyl (C=O) groups excluding carboxylic acids is 1. The van der Waals surface area contributed by atoms with Crippen molar-refractivity contribution < 1.29 is 27.3 Å². The second kappa shape index (κ2) is 6.01. The van der Waals surface area contributed by atoms with E-state index in [1.807, 2.05) is 0 Å². The van der Waals surface area contributed by atoms with E-state index in [9.17, 15) is 32.5 Å². The number of likely N-dealkylation sites (N-methyl/N-ethyl adjacent to an activating group) is 1. The molecule has 1 aliphatic heterocycles. The van der Waals surface area contributed by atoms with Crippen molar-refractivity contribution in [3.05, 3.63) is 34.1 Å². The number of nitro benzene ring substituents is 1. The van der Waals surface area contributed by atoms with Crippen molar-refractivity contribution in [1.82, 2.24) is 4.90 Å². The van der Waals surface area contributed by atoms with Crippen molar-refractivity contribution in [3.63, 3.8) is 0 Å². The molecule has 1 saturated heterocycles. The van der Waals surface area contributed by atoms with Crippen molar-refractivity contribution in [2.45, 2.75) is 18.6 Å². The Morgan fingerprint density at radius 3 is 2.65 bits per heavy atom. The van der Waals surface area contributed by atoms with Crippen LogP contribution in [0.3, 0.4) is 0 Å². The minimum absolute atomic E-state index is 0.0244. The van der Waals surface area contributed by atoms with Gasteiger partial charge in [-0.2, -0.15) is 13.2 Å². The van der Waals surface area contributed by atoms with Crippen LogP contribution in [0.1, 0.15) is 6.42 Å². The van der Waals surface area contributed by atoms with E-state index in [0.29, 0.717) is 11.0 Å². The Morgan fingerprint density at radius 1 is 1.43 bits per heavy atom. The second-order valence-corrected chi connectivity index (χ2v) is 5.18. The lowest BCUT2D eigenvalue weighted by Crippen LogP contribution is -2.42. The average molecular weight is 335 g/mol. The number of benzene rings is 1. The quantitative estimate of drug-likeness (QED) is 0.481. The number of carbonyl (C=O) groups is 1. The molecule has 1 amide bonds. The number of anilines is 1. The Morgan fingerprint density at radius 2 is 2.09 bits per heavy atom. The zero-order valence-electron chi connectivity index (χ0n) is 12.0. The molecular formula is C13H13F4N3O3. The van der Waals surface area contributed by atoms with Crippen LogP contribution < -0.4 is 4.90 Å². The first-order valence-corrected chi connectivity index (χ1v) is 6.62. The number of hydrogen-bond donors (Lipinski definition) is 0. The summed E-state index contributed by atoms with van der Waals surface area (Å²) in [5.41, 5.74) is -0.571. The van der Waals surface area contributed by atoms with Gasteiger partial charge in [0.15, 0.2) is 0 Å². The van der Waals surface area contributed by atoms with E-state index in [0.717, 1.165) is 12.1 Å². The highest BCUT2D eigenvalue weighted by Crippen LogP contribution is 2.32. The number of rotatable bonds is 4. The van der Waals surface area contributed by atoms with Crippen molar-refractivity contribution in [2.75, 3.05) is 25.0 Å². The minimum atomic E-state index is -4.51. The Hall–Kier alpha value is -2.39. The molecule has 126 valence electrons. The molecule has 1 aromatic carbocycles. The summed E-state index contributed by atoms with van der Waals surface area (Å²) in [6, 6.07) is 1.87. The van der Waals surface area contributed by atoms with Gasteiger partial charge in [0, 0.05) is 13.6 Å². The number of hydrogen-bond acceptors (Lipinski definition) is 4. The molecule has 0 N–H and O–H groups in total. The minimum Gasteiger partial charge on any atom is -0.357 e. The molecule has 0 aliphatic carbocycles. The molecule has 1 heterocycles. The van der Waals surface area contributed by atoms with Gasteiger partial charge in [-0.3, -0.25) is 14.9 Å². The third-order valence-electron chi connectivity index (χ3n) is 3.62. The van der Waals surface area contributed by atoms with Gasteiger partial charge in [-0.05, 0) is 18.6 Å². The Bertz CT molecular complexity index is 635. The number of nitrogens with zero attached hydrogens (tertiary/aromatic N) is 3. The van der Waals surface area contributed by atoms with E-state index in [-0.39, 0.29) is 18.7 Å². The van der Waals surface area contributed by atoms with Gasteiger partial charge in [0.05, 0.1) is 11.0 Å². The lowest BCUT2D eigenvalue weighted by atomic mass is 10.1. The third kappa shape index (κ3) is 3.69. The molecule has 1 aliphatic rings. The fourth-order valence-corrected chi connectivity index (χ4v) is 2.56. The molecule has 0 spiro atoms. The van der Waals surface area contributed by atoms with Gasteiger partial charge in [-0.1, -0.05) is 0 Å². The molecular weight excluding hydrogens is 322 g/mol. The predicted molar refractivity (Wildman–Crippen MR) is 72.5 cm³/mol. The predicted octanol–water partition coefficient (Wildman–Crippen LogP) is 2.33. The van der Waals surface area contributed by atoms with Crippen molar-refractivity contribution in [1.29, 1.82) is 0 Å². The topological polar surface area (TPSA) is 66.7 Å². The van der Waals surface area contributed by atoms with E-state index in [1.54, 1.807) is 0 Å². The van der Waals surface area contributed by atoms with Crippen LogP contribution in [0.5, 0.6) is 0 Å². The highest BCUT2D eigenvalue weighted by Gasteiger charge is 2.41. The zero-order valence-corrected chi connectivity index (χ0v) is 12.0. The maximum atomic E-state index is 13.1. The fourth-order valence-electron chi connectivity index (χ4n) is 2.56. The standard InChI is InChI=1S/C13H13F4N3O3/c1-18(9-3-2-8(14)6-11(9)20(22)23)10-4-5-19(12(10)21)7-13(15,16)17/h2-3,6,10H,4-5,7H2,1H3. The first-order valence-electron chi connectivity index (χ1n) is 6.62. The monoisotopic (exact) mass is 335 g/mol. The van der Waals surface area contributed by atoms with Crippen LogP contribution in [0, 0.1) is 15.9 Å². The van der Waals surface area contributed by atoms with Crippen LogP contribution in [0.25, 0.3) is 0 Å². The number of halogens is 4. The second-order valence-electron chi connectivity index (χ2n) is 5.18. The number of amides is 1. The summed E-state index contributed by atoms with van der Waals surface area (Å²) in [6.07, 6.45) is -4.41. The Kier molecular flexibility index (Phi) is 4.44. The molecule has 0 aromatic heterocycles. The first-order chi connectivity index (χ1) is 10.6. The molecule has 23 heavy (non-hydrogen) atoms. The zero-order chi connectivity index (χ0) is 17.4. The molecule has 0 saturated carbocycles. The SMILES string of the molecule is CN(c1ccc(F)cc1[N+](=O)[O-])C1CCN(CC(F)(F)F)C1=O. The first kappa shape index (κ1) is 17.0. The molecule has 1 atom stereocenters. The summed E-state index contributed by atoms with van der Waals surface area (Å²) in [5.74, 6) is -1.58. The molecule has 1 unspecified atom stereocenters. The summed E-state index contributed by atoms with van der Waals surface area (Å²) in [6.45, 7) is -1.45. The van der Waals surface area contributed by atoms with Crippen molar-refractivity contribution in [3.8, 4) is 0 Å². The Balaban J connectivity index is 2.24. The summed E-state index contributed by atoms with van der Waals surface area (Å²) in [4.78, 5) is 24.2. The van der Waals surface area contributed by atoms with Gasteiger partial charge in [-0.15, -0.1) is 0 Å². The van der Waals surface area contributed by atoms with Crippen molar-refractivity contribution >= 4 is 17.3 Å². The summed E-state index contributed by atoms with van der Waals surface area (Å²) in [5, 5.41) is 11.0. The van der Waals surface area contributed by atoms with Gasteiger partial charge < -0.3 is 9.80 Å². The molecule has 1 fully saturated rings. The summed E-state index contributed by atoms with van der Waals surface area (Å²) < 4.78 is 50.4. The average Bonchev–Trinajstić information content (AvgIpc) is 2.77. The summed E-state index contributed by atoms with van der Waals surface area (Å²) >= 11 is 0. The maximum absolute atomic E-state index is 13.1. The normalized spacial score (nSPS) is 18.4. The van der Waals surface area contributed by atoms with Crippen LogP contribution >= 0.6 is 0 Å². The molecule has 10 heteroatoms. The summed E-state index contributed by atoms with van der Waals surface area (Å²) in [7, 11) is 1.36. The molecule has 0 bridgehead atoms. The van der Waals surface area contributed by atoms with E-state index in [2.05, 4.69) is 0 Å². The maximum Gasteiger partial charge on any atom is 0.406 e. The largest absolute Gasteiger partial charge is 0.406 e. The number of likely N-dealkylation sites (tertiary alicyclic amines) is 1. The highest BCUT2D eigenvalue weighted by atomic mass is 19.4. The molecule has 2 rings (SSSR count). The van der Waals surface area contributed by atoms with Crippen LogP contribution in [-0.4, -0.2) is 48.1 Å². The van der Waals surface area contributed by atoms with Gasteiger partial charge in [0.2, 0.25) is 5.91 Å².